The predicted molar refractivity (Wildman–Crippen MR) is 100 cm³/mol. The number of hydrogen-bond donors (Lipinski definition) is 1. The smallest absolute Gasteiger partial charge is 0.322 e. The highest BCUT2D eigenvalue weighted by molar-refractivity contribution is 5.91. The Bertz CT molecular complexity index is 820. The van der Waals surface area contributed by atoms with Gasteiger partial charge in [-0.2, -0.15) is 0 Å². The van der Waals surface area contributed by atoms with E-state index in [1.165, 1.54) is 11.1 Å². The molecule has 1 saturated heterocycles. The number of nitrogens with one attached hydrogen (secondary N) is 1. The Balaban J connectivity index is 1.48. The van der Waals surface area contributed by atoms with Crippen LogP contribution in [-0.4, -0.2) is 30.1 Å². The fraction of sp³-hybridized carbons (Fsp3) is 0.381. The number of carbonyl (C=O) groups is 1. The second-order valence-corrected chi connectivity index (χ2v) is 7.20. The van der Waals surface area contributed by atoms with Gasteiger partial charge in [0.05, 0.1) is 24.9 Å². The first-order valence-electron chi connectivity index (χ1n) is 9.11. The van der Waals surface area contributed by atoms with Crippen LogP contribution < -0.4 is 10.1 Å². The lowest BCUT2D eigenvalue weighted by Gasteiger charge is -2.25. The van der Waals surface area contributed by atoms with Gasteiger partial charge in [-0.15, -0.1) is 0 Å². The first kappa shape index (κ1) is 16.9. The summed E-state index contributed by atoms with van der Waals surface area (Å²) in [6, 6.07) is 15.7. The molecule has 2 aromatic carbocycles. The number of nitrogens with zero attached hydrogens (tertiary/aromatic N) is 1. The molecule has 0 aromatic heterocycles. The van der Waals surface area contributed by atoms with Crippen LogP contribution >= 0.6 is 0 Å². The molecule has 136 valence electrons. The van der Waals surface area contributed by atoms with Crippen molar-refractivity contribution in [3.05, 3.63) is 59.7 Å². The number of carbonyl (C=O) groups excluding carboxylic acids is 1. The van der Waals surface area contributed by atoms with E-state index in [9.17, 15) is 4.79 Å². The largest absolute Gasteiger partial charge is 0.489 e. The van der Waals surface area contributed by atoms with E-state index >= 15 is 0 Å². The number of ether oxygens (including phenoxy) is 2. The van der Waals surface area contributed by atoms with Gasteiger partial charge in [0.15, 0.2) is 0 Å². The van der Waals surface area contributed by atoms with Gasteiger partial charge in [-0.05, 0) is 37.1 Å². The molecule has 0 saturated carbocycles. The minimum atomic E-state index is -0.359. The van der Waals surface area contributed by atoms with Crippen molar-refractivity contribution < 1.29 is 14.3 Å². The number of urea groups is 1. The van der Waals surface area contributed by atoms with E-state index in [-0.39, 0.29) is 17.7 Å². The highest BCUT2D eigenvalue weighted by Gasteiger charge is 2.46. The van der Waals surface area contributed by atoms with E-state index in [0.717, 1.165) is 6.42 Å². The number of fused-ring (bicyclic) bond motifs is 2. The summed E-state index contributed by atoms with van der Waals surface area (Å²) in [6.45, 7) is 5.81. The van der Waals surface area contributed by atoms with E-state index < -0.39 is 0 Å². The average Bonchev–Trinajstić information content (AvgIpc) is 3.22. The minimum Gasteiger partial charge on any atom is -0.489 e. The first-order valence-corrected chi connectivity index (χ1v) is 9.11. The van der Waals surface area contributed by atoms with Gasteiger partial charge in [-0.25, -0.2) is 4.79 Å². The third kappa shape index (κ3) is 3.03. The maximum absolute atomic E-state index is 12.8. The normalized spacial score (nSPS) is 21.3. The molecule has 2 aromatic rings. The van der Waals surface area contributed by atoms with Crippen LogP contribution in [0.5, 0.6) is 5.75 Å². The van der Waals surface area contributed by atoms with Gasteiger partial charge >= 0.3 is 6.03 Å². The molecule has 26 heavy (non-hydrogen) atoms. The highest BCUT2D eigenvalue weighted by atomic mass is 16.5. The van der Waals surface area contributed by atoms with Crippen LogP contribution in [0.4, 0.5) is 10.5 Å². The molecule has 2 aliphatic rings. The topological polar surface area (TPSA) is 50.8 Å². The molecule has 2 heterocycles. The van der Waals surface area contributed by atoms with Crippen LogP contribution in [0.1, 0.15) is 31.4 Å². The van der Waals surface area contributed by atoms with E-state index in [0.29, 0.717) is 31.1 Å². The molecule has 4 rings (SSSR count). The second-order valence-electron chi connectivity index (χ2n) is 7.20. The number of anilines is 1. The zero-order valence-electron chi connectivity index (χ0n) is 15.2. The van der Waals surface area contributed by atoms with Crippen LogP contribution in [0.3, 0.4) is 0 Å². The molecule has 2 amide bonds. The SMILES string of the molecule is CC(C)Oc1ccccc1NC(=O)N1CCC2(C1)OCc1ccccc12. The molecule has 5 nitrogen and oxygen atoms in total. The summed E-state index contributed by atoms with van der Waals surface area (Å²) in [7, 11) is 0. The van der Waals surface area contributed by atoms with E-state index in [1.54, 1.807) is 0 Å². The van der Waals surface area contributed by atoms with Gasteiger partial charge in [0, 0.05) is 13.0 Å². The van der Waals surface area contributed by atoms with Crippen molar-refractivity contribution in [2.24, 2.45) is 0 Å². The first-order chi connectivity index (χ1) is 12.6. The lowest BCUT2D eigenvalue weighted by atomic mass is 9.92. The van der Waals surface area contributed by atoms with Crippen molar-refractivity contribution in [3.63, 3.8) is 0 Å². The van der Waals surface area contributed by atoms with Gasteiger partial charge in [0.2, 0.25) is 0 Å². The summed E-state index contributed by atoms with van der Waals surface area (Å²) >= 11 is 0. The Kier molecular flexibility index (Phi) is 4.32. The van der Waals surface area contributed by atoms with Crippen LogP contribution in [-0.2, 0) is 16.9 Å². The Labute approximate surface area is 153 Å². The number of likely N-dealkylation sites (tertiary alicyclic amines) is 1. The zero-order valence-corrected chi connectivity index (χ0v) is 15.2. The van der Waals surface area contributed by atoms with Gasteiger partial charge in [0.1, 0.15) is 11.4 Å². The Hall–Kier alpha value is -2.53. The number of hydrogen-bond acceptors (Lipinski definition) is 3. The summed E-state index contributed by atoms with van der Waals surface area (Å²) in [4.78, 5) is 14.6. The molecule has 5 heteroatoms. The van der Waals surface area contributed by atoms with Crippen molar-refractivity contribution >= 4 is 11.7 Å². The Morgan fingerprint density at radius 3 is 2.81 bits per heavy atom. The standard InChI is InChI=1S/C21H24N2O3/c1-15(2)26-19-10-6-5-9-18(19)22-20(24)23-12-11-21(14-23)17-8-4-3-7-16(17)13-25-21/h3-10,15H,11-14H2,1-2H3,(H,22,24). The molecule has 0 aliphatic carbocycles. The number of benzene rings is 2. The van der Waals surface area contributed by atoms with Gasteiger partial charge < -0.3 is 19.7 Å². The van der Waals surface area contributed by atoms with Crippen molar-refractivity contribution in [1.29, 1.82) is 0 Å². The molecule has 0 radical (unpaired) electrons. The monoisotopic (exact) mass is 352 g/mol. The van der Waals surface area contributed by atoms with E-state index in [2.05, 4.69) is 17.4 Å². The van der Waals surface area contributed by atoms with Crippen molar-refractivity contribution in [2.75, 3.05) is 18.4 Å². The molecule has 0 bridgehead atoms. The maximum atomic E-state index is 12.8. The second kappa shape index (κ2) is 6.65. The van der Waals surface area contributed by atoms with Gasteiger partial charge in [-0.3, -0.25) is 0 Å². The summed E-state index contributed by atoms with van der Waals surface area (Å²) in [5, 5.41) is 2.99. The Morgan fingerprint density at radius 1 is 1.19 bits per heavy atom. The lowest BCUT2D eigenvalue weighted by molar-refractivity contribution is -0.0269. The molecular formula is C21H24N2O3. The third-order valence-electron chi connectivity index (χ3n) is 5.02. The molecular weight excluding hydrogens is 328 g/mol. The van der Waals surface area contributed by atoms with Crippen LogP contribution in [0.25, 0.3) is 0 Å². The van der Waals surface area contributed by atoms with Crippen molar-refractivity contribution in [3.8, 4) is 5.75 Å². The predicted octanol–water partition coefficient (Wildman–Crippen LogP) is 4.14. The molecule has 1 fully saturated rings. The maximum Gasteiger partial charge on any atom is 0.322 e. The number of para-hydroxylation sites is 2. The number of amides is 2. The number of rotatable bonds is 3. The van der Waals surface area contributed by atoms with Gasteiger partial charge in [-0.1, -0.05) is 36.4 Å². The molecule has 1 unspecified atom stereocenters. The van der Waals surface area contributed by atoms with Gasteiger partial charge in [0.25, 0.3) is 0 Å². The molecule has 1 spiro atoms. The summed E-state index contributed by atoms with van der Waals surface area (Å²) in [5.41, 5.74) is 2.78. The summed E-state index contributed by atoms with van der Waals surface area (Å²) in [6.07, 6.45) is 0.869. The quantitative estimate of drug-likeness (QED) is 0.903. The van der Waals surface area contributed by atoms with Crippen LogP contribution in [0.15, 0.2) is 48.5 Å². The zero-order chi connectivity index (χ0) is 18.1. The minimum absolute atomic E-state index is 0.0477. The van der Waals surface area contributed by atoms with E-state index in [4.69, 9.17) is 9.47 Å². The fourth-order valence-corrected chi connectivity index (χ4v) is 3.80. The van der Waals surface area contributed by atoms with Crippen LogP contribution in [0, 0.1) is 0 Å². The molecule has 1 atom stereocenters. The van der Waals surface area contributed by atoms with Crippen molar-refractivity contribution in [1.82, 2.24) is 4.90 Å². The van der Waals surface area contributed by atoms with Crippen molar-refractivity contribution in [2.45, 2.75) is 38.6 Å². The molecule has 1 N–H and O–H groups in total. The summed E-state index contributed by atoms with van der Waals surface area (Å²) < 4.78 is 11.9. The van der Waals surface area contributed by atoms with E-state index in [1.807, 2.05) is 55.1 Å². The summed E-state index contributed by atoms with van der Waals surface area (Å²) in [5.74, 6) is 0.687. The Morgan fingerprint density at radius 2 is 1.96 bits per heavy atom. The third-order valence-corrected chi connectivity index (χ3v) is 5.02. The van der Waals surface area contributed by atoms with Crippen LogP contribution in [0.2, 0.25) is 0 Å². The fourth-order valence-electron chi connectivity index (χ4n) is 3.80. The molecule has 2 aliphatic heterocycles. The highest BCUT2D eigenvalue weighted by Crippen LogP contribution is 2.43. The lowest BCUT2D eigenvalue weighted by Crippen LogP contribution is -2.37. The average molecular weight is 352 g/mol.